The maximum atomic E-state index is 12.4. The van der Waals surface area contributed by atoms with Gasteiger partial charge in [0.25, 0.3) is 0 Å². The number of carboxylic acid groups (broad SMARTS) is 2. The Hall–Kier alpha value is -3.56. The Labute approximate surface area is 236 Å². The molecular weight excluding hydrogens is 588 g/mol. The number of carbonyl (C=O) groups excluding carboxylic acids is 1. The van der Waals surface area contributed by atoms with Gasteiger partial charge in [0.2, 0.25) is 5.91 Å². The third kappa shape index (κ3) is 18.4. The molecule has 0 unspecified atom stereocenters. The minimum absolute atomic E-state index is 0.141. The zero-order valence-corrected chi connectivity index (χ0v) is 22.2. The quantitative estimate of drug-likeness (QED) is 0.234. The highest BCUT2D eigenvalue weighted by Crippen LogP contribution is 2.17. The lowest BCUT2D eigenvalue weighted by atomic mass is 10.0. The standard InChI is InChI=1S/C21H28ClN3O2.2C2HF3O2/c22-17-9-12-19(13-10-17)27-15-18(11-8-16-5-2-1-3-6-16)25-21(26)20(24)7-4-14-23;2*3-2(4,5)1(6)7/h1-3,5-6,9-10,12-13,18,20H,4,7-8,11,14-15,23-24H2,(H,25,26);2*(H,6,7)/t18-,20-;;/m1../s1. The summed E-state index contributed by atoms with van der Waals surface area (Å²) in [4.78, 5) is 30.2. The van der Waals surface area contributed by atoms with Crippen LogP contribution in [0.2, 0.25) is 5.02 Å². The van der Waals surface area contributed by atoms with Gasteiger partial charge in [-0.25, -0.2) is 9.59 Å². The number of aliphatic carboxylic acids is 2. The summed E-state index contributed by atoms with van der Waals surface area (Å²) in [6.45, 7) is 0.891. The lowest BCUT2D eigenvalue weighted by Crippen LogP contribution is -2.47. The van der Waals surface area contributed by atoms with Gasteiger partial charge in [0.1, 0.15) is 12.4 Å². The molecule has 0 fully saturated rings. The third-order valence-corrected chi connectivity index (χ3v) is 5.03. The van der Waals surface area contributed by atoms with Gasteiger partial charge in [-0.15, -0.1) is 0 Å². The van der Waals surface area contributed by atoms with E-state index in [0.29, 0.717) is 30.3 Å². The Morgan fingerprint density at radius 2 is 1.37 bits per heavy atom. The van der Waals surface area contributed by atoms with E-state index in [2.05, 4.69) is 17.4 Å². The van der Waals surface area contributed by atoms with Crippen LogP contribution in [-0.4, -0.2) is 65.6 Å². The molecule has 2 aromatic carbocycles. The maximum absolute atomic E-state index is 12.4. The monoisotopic (exact) mass is 617 g/mol. The number of amides is 1. The average Bonchev–Trinajstić information content (AvgIpc) is 2.89. The van der Waals surface area contributed by atoms with Crippen LogP contribution in [0.5, 0.6) is 5.75 Å². The number of hydrogen-bond donors (Lipinski definition) is 5. The van der Waals surface area contributed by atoms with Gasteiger partial charge < -0.3 is 31.7 Å². The van der Waals surface area contributed by atoms with Gasteiger partial charge in [-0.05, 0) is 62.1 Å². The van der Waals surface area contributed by atoms with Crippen LogP contribution in [-0.2, 0) is 20.8 Å². The fraction of sp³-hybridized carbons (Fsp3) is 0.400. The van der Waals surface area contributed by atoms with Crippen molar-refractivity contribution in [1.29, 1.82) is 0 Å². The lowest BCUT2D eigenvalue weighted by Gasteiger charge is -2.21. The normalized spacial score (nSPS) is 12.4. The summed E-state index contributed by atoms with van der Waals surface area (Å²) in [7, 11) is 0. The van der Waals surface area contributed by atoms with E-state index >= 15 is 0 Å². The highest BCUT2D eigenvalue weighted by Gasteiger charge is 2.38. The summed E-state index contributed by atoms with van der Waals surface area (Å²) in [5.74, 6) is -4.97. The number of nitrogens with two attached hydrogens (primary N) is 2. The van der Waals surface area contributed by atoms with Crippen molar-refractivity contribution in [3.8, 4) is 5.75 Å². The van der Waals surface area contributed by atoms with Crippen LogP contribution in [0, 0.1) is 0 Å². The largest absolute Gasteiger partial charge is 0.491 e. The van der Waals surface area contributed by atoms with E-state index in [4.69, 9.17) is 47.6 Å². The highest BCUT2D eigenvalue weighted by atomic mass is 35.5. The van der Waals surface area contributed by atoms with Crippen LogP contribution in [0.25, 0.3) is 0 Å². The number of aryl methyl sites for hydroxylation is 1. The van der Waals surface area contributed by atoms with Gasteiger partial charge >= 0.3 is 24.3 Å². The van der Waals surface area contributed by atoms with Crippen molar-refractivity contribution in [2.75, 3.05) is 13.2 Å². The number of halogens is 7. The minimum atomic E-state index is -5.08. The van der Waals surface area contributed by atoms with Crippen molar-refractivity contribution in [2.45, 2.75) is 50.1 Å². The SMILES string of the molecule is NCCC[C@@H](N)C(=O)N[C@H](CCc1ccccc1)COc1ccc(Cl)cc1.O=C(O)C(F)(F)F.O=C(O)C(F)(F)F. The van der Waals surface area contributed by atoms with Crippen LogP contribution >= 0.6 is 11.6 Å². The van der Waals surface area contributed by atoms with Gasteiger partial charge in [0.05, 0.1) is 12.1 Å². The first-order chi connectivity index (χ1) is 19.0. The molecule has 9 nitrogen and oxygen atoms in total. The number of hydrogen-bond acceptors (Lipinski definition) is 6. The molecule has 0 bridgehead atoms. The molecule has 2 aromatic rings. The highest BCUT2D eigenvalue weighted by molar-refractivity contribution is 6.30. The lowest BCUT2D eigenvalue weighted by molar-refractivity contribution is -0.193. The second-order valence-corrected chi connectivity index (χ2v) is 8.57. The van der Waals surface area contributed by atoms with Crippen molar-refractivity contribution in [3.05, 3.63) is 65.2 Å². The van der Waals surface area contributed by atoms with E-state index in [9.17, 15) is 31.1 Å². The predicted octanol–water partition coefficient (Wildman–Crippen LogP) is 4.17. The molecule has 7 N–H and O–H groups in total. The van der Waals surface area contributed by atoms with E-state index < -0.39 is 30.3 Å². The molecule has 230 valence electrons. The molecule has 1 amide bonds. The number of nitrogens with one attached hydrogen (secondary N) is 1. The number of benzene rings is 2. The molecule has 41 heavy (non-hydrogen) atoms. The molecule has 0 aliphatic heterocycles. The topological polar surface area (TPSA) is 165 Å². The first kappa shape index (κ1) is 37.4. The first-order valence-corrected chi connectivity index (χ1v) is 12.1. The number of alkyl halides is 6. The molecule has 2 atom stereocenters. The van der Waals surface area contributed by atoms with Gasteiger partial charge in [-0.3, -0.25) is 4.79 Å². The summed E-state index contributed by atoms with van der Waals surface area (Å²) in [6.07, 6.45) is -7.27. The van der Waals surface area contributed by atoms with Crippen molar-refractivity contribution < 1.29 is 55.7 Å². The molecule has 0 heterocycles. The summed E-state index contributed by atoms with van der Waals surface area (Å²) >= 11 is 5.90. The van der Waals surface area contributed by atoms with Crippen molar-refractivity contribution in [1.82, 2.24) is 5.32 Å². The Kier molecular flexibility index (Phi) is 17.1. The number of carbonyl (C=O) groups is 3. The predicted molar refractivity (Wildman–Crippen MR) is 137 cm³/mol. The fourth-order valence-electron chi connectivity index (χ4n) is 2.69. The zero-order valence-electron chi connectivity index (χ0n) is 21.4. The molecular formula is C25H30ClF6N3O6. The van der Waals surface area contributed by atoms with Crippen molar-refractivity contribution in [2.24, 2.45) is 11.5 Å². The first-order valence-electron chi connectivity index (χ1n) is 11.8. The van der Waals surface area contributed by atoms with E-state index in [-0.39, 0.29) is 11.9 Å². The van der Waals surface area contributed by atoms with Crippen LogP contribution in [0.3, 0.4) is 0 Å². The second kappa shape index (κ2) is 18.7. The van der Waals surface area contributed by atoms with Crippen LogP contribution in [0.1, 0.15) is 24.8 Å². The molecule has 0 aliphatic carbocycles. The molecule has 2 rings (SSSR count). The fourth-order valence-corrected chi connectivity index (χ4v) is 2.81. The molecule has 16 heteroatoms. The third-order valence-electron chi connectivity index (χ3n) is 4.78. The molecule has 0 aromatic heterocycles. The average molecular weight is 618 g/mol. The molecule has 0 radical (unpaired) electrons. The summed E-state index contributed by atoms with van der Waals surface area (Å²) in [6, 6.07) is 16.6. The molecule has 0 saturated carbocycles. The van der Waals surface area contributed by atoms with E-state index in [1.807, 2.05) is 30.3 Å². The zero-order chi connectivity index (χ0) is 31.6. The smallest absolute Gasteiger partial charge is 0.490 e. The Morgan fingerprint density at radius 3 is 1.80 bits per heavy atom. The summed E-state index contributed by atoms with van der Waals surface area (Å²) < 4.78 is 69.3. The molecule has 0 spiro atoms. The van der Waals surface area contributed by atoms with Gasteiger partial charge in [-0.1, -0.05) is 41.9 Å². The van der Waals surface area contributed by atoms with E-state index in [0.717, 1.165) is 19.3 Å². The number of carboxylic acids is 2. The van der Waals surface area contributed by atoms with Gasteiger partial charge in [-0.2, -0.15) is 26.3 Å². The maximum Gasteiger partial charge on any atom is 0.490 e. The Morgan fingerprint density at radius 1 is 0.878 bits per heavy atom. The van der Waals surface area contributed by atoms with E-state index in [1.165, 1.54) is 5.56 Å². The van der Waals surface area contributed by atoms with Crippen LogP contribution in [0.15, 0.2) is 54.6 Å². The molecule has 0 saturated heterocycles. The summed E-state index contributed by atoms with van der Waals surface area (Å²) in [5, 5.41) is 17.9. The number of rotatable bonds is 11. The van der Waals surface area contributed by atoms with Crippen molar-refractivity contribution >= 4 is 29.4 Å². The minimum Gasteiger partial charge on any atom is -0.491 e. The summed E-state index contributed by atoms with van der Waals surface area (Å²) in [5.41, 5.74) is 12.7. The van der Waals surface area contributed by atoms with Gasteiger partial charge in [0.15, 0.2) is 0 Å². The molecule has 0 aliphatic rings. The number of ether oxygens (including phenoxy) is 1. The Balaban J connectivity index is 0.000000941. The van der Waals surface area contributed by atoms with Gasteiger partial charge in [0, 0.05) is 5.02 Å². The Bertz CT molecular complexity index is 1030. The van der Waals surface area contributed by atoms with Crippen LogP contribution in [0.4, 0.5) is 26.3 Å². The van der Waals surface area contributed by atoms with E-state index in [1.54, 1.807) is 12.1 Å². The second-order valence-electron chi connectivity index (χ2n) is 8.14. The van der Waals surface area contributed by atoms with Crippen molar-refractivity contribution in [3.63, 3.8) is 0 Å². The van der Waals surface area contributed by atoms with Crippen LogP contribution < -0.4 is 21.5 Å².